The summed E-state index contributed by atoms with van der Waals surface area (Å²) in [6, 6.07) is 39.0. The second kappa shape index (κ2) is 13.5. The van der Waals surface area contributed by atoms with Crippen LogP contribution in [0, 0.1) is 17.9 Å². The number of hydrogen-bond donors (Lipinski definition) is 0. The van der Waals surface area contributed by atoms with Gasteiger partial charge in [-0.2, -0.15) is 0 Å². The van der Waals surface area contributed by atoms with Crippen molar-refractivity contribution in [1.29, 1.82) is 5.26 Å². The average Bonchev–Trinajstić information content (AvgIpc) is 3.05. The lowest BCUT2D eigenvalue weighted by molar-refractivity contribution is 0.332. The van der Waals surface area contributed by atoms with Crippen LogP contribution in [0.5, 0.6) is 0 Å². The monoisotopic (exact) mass is 558 g/mol. The fourth-order valence-electron chi connectivity index (χ4n) is 4.57. The molecule has 0 saturated carbocycles. The van der Waals surface area contributed by atoms with Gasteiger partial charge in [0.2, 0.25) is 0 Å². The number of rotatable bonds is 8. The van der Waals surface area contributed by atoms with Crippen molar-refractivity contribution >= 4 is 34.9 Å². The van der Waals surface area contributed by atoms with Crippen molar-refractivity contribution < 1.29 is 4.74 Å². The van der Waals surface area contributed by atoms with Crippen molar-refractivity contribution in [3.63, 3.8) is 0 Å². The van der Waals surface area contributed by atoms with Gasteiger partial charge in [0, 0.05) is 36.8 Å². The van der Waals surface area contributed by atoms with E-state index in [2.05, 4.69) is 58.3 Å². The van der Waals surface area contributed by atoms with Crippen molar-refractivity contribution in [1.82, 2.24) is 0 Å². The third-order valence-corrected chi connectivity index (χ3v) is 6.79. The molecule has 5 rings (SSSR count). The highest BCUT2D eigenvalue weighted by molar-refractivity contribution is 5.77. The Morgan fingerprint density at radius 3 is 1.51 bits per heavy atom. The molecule has 208 valence electrons. The largest absolute Gasteiger partial charge is 0.457 e. The van der Waals surface area contributed by atoms with Crippen molar-refractivity contribution in [3.05, 3.63) is 179 Å². The zero-order chi connectivity index (χ0) is 30.0. The van der Waals surface area contributed by atoms with Crippen LogP contribution in [0.3, 0.4) is 0 Å². The van der Waals surface area contributed by atoms with Crippen LogP contribution in [0.4, 0.5) is 22.7 Å². The maximum atomic E-state index is 9.51. The minimum atomic E-state index is 0.0155. The molecule has 0 spiro atoms. The van der Waals surface area contributed by atoms with Gasteiger partial charge in [-0.05, 0) is 89.5 Å². The standard InChI is InChI=1S/C38H30N4O/c1-40-38(28-39)31-26-36(24-18-29-14-20-32(21-15-29)41(2)3)43-37(27-31)25-19-30-16-22-35(23-17-30)42(33-10-6-4-7-11-33)34-12-8-5-9-13-34/h4-27H,2-3H3/b24-18+,25-19+,38-31+. The molecule has 5 nitrogen and oxygen atoms in total. The highest BCUT2D eigenvalue weighted by Crippen LogP contribution is 2.34. The minimum absolute atomic E-state index is 0.0155. The summed E-state index contributed by atoms with van der Waals surface area (Å²) in [7, 11) is 4.01. The van der Waals surface area contributed by atoms with Crippen LogP contribution >= 0.6 is 0 Å². The van der Waals surface area contributed by atoms with E-state index < -0.39 is 0 Å². The predicted molar refractivity (Wildman–Crippen MR) is 176 cm³/mol. The molecule has 0 unspecified atom stereocenters. The number of benzene rings is 4. The van der Waals surface area contributed by atoms with Crippen LogP contribution in [-0.2, 0) is 4.74 Å². The average molecular weight is 559 g/mol. The number of anilines is 4. The molecule has 43 heavy (non-hydrogen) atoms. The molecule has 0 amide bonds. The number of ether oxygens (including phenoxy) is 1. The maximum Gasteiger partial charge on any atom is 0.269 e. The van der Waals surface area contributed by atoms with Crippen LogP contribution in [-0.4, -0.2) is 14.1 Å². The van der Waals surface area contributed by atoms with Crippen molar-refractivity contribution in [2.45, 2.75) is 0 Å². The van der Waals surface area contributed by atoms with Crippen molar-refractivity contribution in [3.8, 4) is 6.07 Å². The van der Waals surface area contributed by atoms with Gasteiger partial charge in [0.1, 0.15) is 11.5 Å². The molecular weight excluding hydrogens is 528 g/mol. The Hall–Kier alpha value is -6.04. The Labute approximate surface area is 253 Å². The Morgan fingerprint density at radius 1 is 0.651 bits per heavy atom. The summed E-state index contributed by atoms with van der Waals surface area (Å²) >= 11 is 0. The first kappa shape index (κ1) is 28.5. The Morgan fingerprint density at radius 2 is 1.09 bits per heavy atom. The number of nitriles is 1. The molecule has 4 aromatic carbocycles. The Kier molecular flexibility index (Phi) is 8.97. The van der Waals surface area contributed by atoms with Gasteiger partial charge in [-0.3, -0.25) is 0 Å². The summed E-state index contributed by atoms with van der Waals surface area (Å²) < 4.78 is 6.12. The lowest BCUT2D eigenvalue weighted by Crippen LogP contribution is -2.09. The van der Waals surface area contributed by atoms with Gasteiger partial charge < -0.3 is 14.5 Å². The second-order valence-corrected chi connectivity index (χ2v) is 9.97. The second-order valence-electron chi connectivity index (χ2n) is 9.97. The molecule has 0 aromatic heterocycles. The first-order valence-corrected chi connectivity index (χ1v) is 13.8. The summed E-state index contributed by atoms with van der Waals surface area (Å²) in [5.41, 5.74) is 6.83. The highest BCUT2D eigenvalue weighted by Gasteiger charge is 2.13. The van der Waals surface area contributed by atoms with E-state index in [1.165, 1.54) is 0 Å². The number of allylic oxidation sites excluding steroid dienone is 6. The van der Waals surface area contributed by atoms with Gasteiger partial charge in [-0.1, -0.05) is 72.8 Å². The molecule has 0 bridgehead atoms. The first-order valence-electron chi connectivity index (χ1n) is 13.8. The van der Waals surface area contributed by atoms with Gasteiger partial charge in [0.15, 0.2) is 0 Å². The van der Waals surface area contributed by atoms with E-state index in [0.29, 0.717) is 17.1 Å². The molecular formula is C38H30N4O. The van der Waals surface area contributed by atoms with Crippen LogP contribution in [0.25, 0.3) is 17.0 Å². The van der Waals surface area contributed by atoms with E-state index in [9.17, 15) is 5.26 Å². The molecule has 0 aliphatic carbocycles. The van der Waals surface area contributed by atoms with E-state index in [1.807, 2.05) is 110 Å². The molecule has 0 atom stereocenters. The number of hydrogen-bond acceptors (Lipinski definition) is 4. The maximum absolute atomic E-state index is 9.51. The zero-order valence-corrected chi connectivity index (χ0v) is 24.1. The third kappa shape index (κ3) is 7.19. The highest BCUT2D eigenvalue weighted by atomic mass is 16.5. The molecule has 5 heteroatoms. The molecule has 0 N–H and O–H groups in total. The molecule has 0 fully saturated rings. The summed E-state index contributed by atoms with van der Waals surface area (Å²) in [5.74, 6) is 1.08. The quantitative estimate of drug-likeness (QED) is 0.160. The Bertz CT molecular complexity index is 1740. The van der Waals surface area contributed by atoms with Gasteiger partial charge >= 0.3 is 0 Å². The fraction of sp³-hybridized carbons (Fsp3) is 0.0526. The van der Waals surface area contributed by atoms with Crippen molar-refractivity contribution in [2.24, 2.45) is 0 Å². The van der Waals surface area contributed by atoms with E-state index in [4.69, 9.17) is 11.3 Å². The molecule has 0 radical (unpaired) electrons. The van der Waals surface area contributed by atoms with E-state index in [0.717, 1.165) is 33.9 Å². The number of nitrogens with zero attached hydrogens (tertiary/aromatic N) is 4. The SMILES string of the molecule is [C-]#[N+]/C(C#N)=C1C=C(/C=C/c2ccc(N(C)C)cc2)OC(/C=C/c2ccc(N(c3ccccc3)c3ccccc3)cc2)=C\1. The van der Waals surface area contributed by atoms with Crippen LogP contribution in [0.15, 0.2) is 156 Å². The lowest BCUT2D eigenvalue weighted by Gasteiger charge is -2.25. The topological polar surface area (TPSA) is 43.9 Å². The van der Waals surface area contributed by atoms with E-state index in [1.54, 1.807) is 12.2 Å². The summed E-state index contributed by atoms with van der Waals surface area (Å²) in [6.45, 7) is 7.44. The normalized spacial score (nSPS) is 13.9. The van der Waals surface area contributed by atoms with Gasteiger partial charge in [-0.25, -0.2) is 10.1 Å². The smallest absolute Gasteiger partial charge is 0.269 e. The van der Waals surface area contributed by atoms with Crippen LogP contribution in [0.1, 0.15) is 11.1 Å². The van der Waals surface area contributed by atoms with Crippen molar-refractivity contribution in [2.75, 3.05) is 23.9 Å². The van der Waals surface area contributed by atoms with E-state index in [-0.39, 0.29) is 5.70 Å². The molecule has 1 heterocycles. The third-order valence-electron chi connectivity index (χ3n) is 6.79. The van der Waals surface area contributed by atoms with Gasteiger partial charge in [-0.15, -0.1) is 0 Å². The first-order chi connectivity index (χ1) is 21.0. The molecule has 1 aliphatic heterocycles. The molecule has 1 aliphatic rings. The predicted octanol–water partition coefficient (Wildman–Crippen LogP) is 9.44. The van der Waals surface area contributed by atoms with Crippen LogP contribution < -0.4 is 9.80 Å². The van der Waals surface area contributed by atoms with E-state index >= 15 is 0 Å². The number of para-hydroxylation sites is 2. The molecule has 4 aromatic rings. The molecule has 0 saturated heterocycles. The zero-order valence-electron chi connectivity index (χ0n) is 24.1. The summed E-state index contributed by atoms with van der Waals surface area (Å²) in [5, 5.41) is 9.51. The van der Waals surface area contributed by atoms with Gasteiger partial charge in [0.05, 0.1) is 12.6 Å². The lowest BCUT2D eigenvalue weighted by atomic mass is 10.1. The summed E-state index contributed by atoms with van der Waals surface area (Å²) in [6.07, 6.45) is 11.0. The minimum Gasteiger partial charge on any atom is -0.457 e. The fourth-order valence-corrected chi connectivity index (χ4v) is 4.57. The summed E-state index contributed by atoms with van der Waals surface area (Å²) in [4.78, 5) is 7.66. The van der Waals surface area contributed by atoms with Crippen LogP contribution in [0.2, 0.25) is 0 Å². The van der Waals surface area contributed by atoms with Gasteiger partial charge in [0.25, 0.3) is 5.70 Å². The Balaban J connectivity index is 1.38.